The van der Waals surface area contributed by atoms with Crippen molar-refractivity contribution < 1.29 is 23.6 Å². The normalized spacial score (nSPS) is 10.1. The highest BCUT2D eigenvalue weighted by Crippen LogP contribution is 2.15. The van der Waals surface area contributed by atoms with E-state index in [1.165, 1.54) is 0 Å². The van der Waals surface area contributed by atoms with Crippen molar-refractivity contribution in [1.82, 2.24) is 5.16 Å². The molecule has 0 saturated heterocycles. The number of amides is 1. The Labute approximate surface area is 127 Å². The van der Waals surface area contributed by atoms with Crippen LogP contribution in [0.3, 0.4) is 0 Å². The molecule has 0 aliphatic heterocycles. The molecule has 1 aromatic heterocycles. The van der Waals surface area contributed by atoms with E-state index in [0.29, 0.717) is 22.9 Å². The zero-order valence-electron chi connectivity index (χ0n) is 12.5. The van der Waals surface area contributed by atoms with E-state index in [1.807, 2.05) is 0 Å². The van der Waals surface area contributed by atoms with Crippen molar-refractivity contribution in [2.45, 2.75) is 13.8 Å². The van der Waals surface area contributed by atoms with Gasteiger partial charge in [-0.2, -0.15) is 0 Å². The molecule has 2 aromatic rings. The average Bonchev–Trinajstić information content (AvgIpc) is 2.85. The van der Waals surface area contributed by atoms with Crippen LogP contribution >= 0.6 is 0 Å². The summed E-state index contributed by atoms with van der Waals surface area (Å²) in [6, 6.07) is 6.80. The van der Waals surface area contributed by atoms with E-state index in [0.717, 1.165) is 0 Å². The standard InChI is InChI=1S/C15H16N2O5/c1-9-14(10(2)22-17-9)15(19)21-8-13(18)16-11-4-6-12(20-3)7-5-11/h4-7H,8H2,1-3H3,(H,16,18). The van der Waals surface area contributed by atoms with Gasteiger partial charge in [-0.15, -0.1) is 0 Å². The molecule has 22 heavy (non-hydrogen) atoms. The molecule has 0 saturated carbocycles. The lowest BCUT2D eigenvalue weighted by molar-refractivity contribution is -0.119. The van der Waals surface area contributed by atoms with Gasteiger partial charge in [0, 0.05) is 5.69 Å². The van der Waals surface area contributed by atoms with E-state index in [-0.39, 0.29) is 5.56 Å². The molecule has 1 heterocycles. The van der Waals surface area contributed by atoms with Gasteiger partial charge in [-0.25, -0.2) is 4.79 Å². The molecule has 0 fully saturated rings. The van der Waals surface area contributed by atoms with Gasteiger partial charge in [0.1, 0.15) is 17.1 Å². The van der Waals surface area contributed by atoms with Gasteiger partial charge < -0.3 is 19.3 Å². The maximum atomic E-state index is 11.9. The van der Waals surface area contributed by atoms with Crippen molar-refractivity contribution in [3.63, 3.8) is 0 Å². The molecular formula is C15H16N2O5. The average molecular weight is 304 g/mol. The van der Waals surface area contributed by atoms with Gasteiger partial charge in [0.2, 0.25) is 0 Å². The number of benzene rings is 1. The SMILES string of the molecule is COc1ccc(NC(=O)COC(=O)c2c(C)noc2C)cc1. The third-order valence-electron chi connectivity index (χ3n) is 2.95. The Morgan fingerprint density at radius 1 is 1.23 bits per heavy atom. The number of carbonyl (C=O) groups excluding carboxylic acids is 2. The predicted octanol–water partition coefficient (Wildman–Crippen LogP) is 2.10. The third kappa shape index (κ3) is 3.63. The fourth-order valence-corrected chi connectivity index (χ4v) is 1.85. The second kappa shape index (κ2) is 6.75. The maximum absolute atomic E-state index is 11.9. The highest BCUT2D eigenvalue weighted by atomic mass is 16.5. The number of aryl methyl sites for hydroxylation is 2. The van der Waals surface area contributed by atoms with E-state index < -0.39 is 18.5 Å². The Morgan fingerprint density at radius 3 is 2.45 bits per heavy atom. The van der Waals surface area contributed by atoms with Crippen LogP contribution in [0.15, 0.2) is 28.8 Å². The largest absolute Gasteiger partial charge is 0.497 e. The number of anilines is 1. The minimum atomic E-state index is -0.638. The monoisotopic (exact) mass is 304 g/mol. The zero-order valence-corrected chi connectivity index (χ0v) is 12.5. The summed E-state index contributed by atoms with van der Waals surface area (Å²) in [5, 5.41) is 6.27. The van der Waals surface area contributed by atoms with Crippen molar-refractivity contribution in [1.29, 1.82) is 0 Å². The molecule has 7 nitrogen and oxygen atoms in total. The molecule has 1 aromatic carbocycles. The van der Waals surface area contributed by atoms with E-state index >= 15 is 0 Å². The first-order valence-corrected chi connectivity index (χ1v) is 6.55. The zero-order chi connectivity index (χ0) is 16.1. The Bertz CT molecular complexity index is 656. The number of hydrogen-bond donors (Lipinski definition) is 1. The van der Waals surface area contributed by atoms with E-state index in [1.54, 1.807) is 45.2 Å². The van der Waals surface area contributed by atoms with Crippen LogP contribution in [0.25, 0.3) is 0 Å². The van der Waals surface area contributed by atoms with Crippen molar-refractivity contribution in [3.05, 3.63) is 41.3 Å². The molecule has 0 unspecified atom stereocenters. The second-order valence-corrected chi connectivity index (χ2v) is 4.55. The van der Waals surface area contributed by atoms with Crippen molar-refractivity contribution in [3.8, 4) is 5.75 Å². The first kappa shape index (κ1) is 15.6. The third-order valence-corrected chi connectivity index (χ3v) is 2.95. The highest BCUT2D eigenvalue weighted by molar-refractivity contribution is 5.96. The summed E-state index contributed by atoms with van der Waals surface area (Å²) in [6.45, 7) is 2.84. The summed E-state index contributed by atoms with van der Waals surface area (Å²) in [7, 11) is 1.56. The first-order chi connectivity index (χ1) is 10.5. The molecule has 1 amide bonds. The minimum Gasteiger partial charge on any atom is -0.497 e. The molecule has 7 heteroatoms. The van der Waals surface area contributed by atoms with Gasteiger partial charge in [0.15, 0.2) is 6.61 Å². The fourth-order valence-electron chi connectivity index (χ4n) is 1.85. The Morgan fingerprint density at radius 2 is 1.91 bits per heavy atom. The smallest absolute Gasteiger partial charge is 0.344 e. The van der Waals surface area contributed by atoms with Crippen LogP contribution in [-0.2, 0) is 9.53 Å². The van der Waals surface area contributed by atoms with Crippen molar-refractivity contribution in [2.24, 2.45) is 0 Å². The van der Waals surface area contributed by atoms with Crippen LogP contribution < -0.4 is 10.1 Å². The van der Waals surface area contributed by atoms with Crippen molar-refractivity contribution in [2.75, 3.05) is 19.0 Å². The van der Waals surface area contributed by atoms with Crippen LogP contribution in [0, 0.1) is 13.8 Å². The number of nitrogens with zero attached hydrogens (tertiary/aromatic N) is 1. The molecule has 0 radical (unpaired) electrons. The minimum absolute atomic E-state index is 0.247. The van der Waals surface area contributed by atoms with Crippen LogP contribution in [0.5, 0.6) is 5.75 Å². The number of hydrogen-bond acceptors (Lipinski definition) is 6. The van der Waals surface area contributed by atoms with Gasteiger partial charge >= 0.3 is 5.97 Å². The highest BCUT2D eigenvalue weighted by Gasteiger charge is 2.19. The quantitative estimate of drug-likeness (QED) is 0.851. The Kier molecular flexibility index (Phi) is 4.77. The van der Waals surface area contributed by atoms with E-state index in [2.05, 4.69) is 10.5 Å². The topological polar surface area (TPSA) is 90.7 Å². The van der Waals surface area contributed by atoms with Crippen LogP contribution in [0.1, 0.15) is 21.8 Å². The summed E-state index contributed by atoms with van der Waals surface area (Å²) in [5.41, 5.74) is 1.26. The molecular weight excluding hydrogens is 288 g/mol. The van der Waals surface area contributed by atoms with Crippen molar-refractivity contribution >= 4 is 17.6 Å². The van der Waals surface area contributed by atoms with Gasteiger partial charge in [-0.1, -0.05) is 5.16 Å². The molecule has 2 rings (SSSR count). The molecule has 0 aliphatic rings. The molecule has 0 spiro atoms. The fraction of sp³-hybridized carbons (Fsp3) is 0.267. The maximum Gasteiger partial charge on any atom is 0.344 e. The molecule has 0 atom stereocenters. The lowest BCUT2D eigenvalue weighted by Gasteiger charge is -2.07. The van der Waals surface area contributed by atoms with Gasteiger partial charge in [0.25, 0.3) is 5.91 Å². The number of methoxy groups -OCH3 is 1. The number of aromatic nitrogens is 1. The lowest BCUT2D eigenvalue weighted by Crippen LogP contribution is -2.21. The predicted molar refractivity (Wildman–Crippen MR) is 77.9 cm³/mol. The number of esters is 1. The lowest BCUT2D eigenvalue weighted by atomic mass is 10.2. The van der Waals surface area contributed by atoms with Crippen LogP contribution in [0.2, 0.25) is 0 Å². The Hall–Kier alpha value is -2.83. The van der Waals surface area contributed by atoms with E-state index in [9.17, 15) is 9.59 Å². The number of carbonyl (C=O) groups is 2. The summed E-state index contributed by atoms with van der Waals surface area (Å²) in [6.07, 6.45) is 0. The van der Waals surface area contributed by atoms with Crippen LogP contribution in [0.4, 0.5) is 5.69 Å². The molecule has 0 aliphatic carbocycles. The number of ether oxygens (including phenoxy) is 2. The summed E-state index contributed by atoms with van der Waals surface area (Å²) < 4.78 is 14.8. The number of nitrogens with one attached hydrogen (secondary N) is 1. The summed E-state index contributed by atoms with van der Waals surface area (Å²) >= 11 is 0. The van der Waals surface area contributed by atoms with Gasteiger partial charge in [-0.05, 0) is 38.1 Å². The van der Waals surface area contributed by atoms with E-state index in [4.69, 9.17) is 14.0 Å². The summed E-state index contributed by atoms with van der Waals surface area (Å²) in [4.78, 5) is 23.6. The summed E-state index contributed by atoms with van der Waals surface area (Å²) in [5.74, 6) is -0.0349. The van der Waals surface area contributed by atoms with Gasteiger partial charge in [0.05, 0.1) is 12.8 Å². The first-order valence-electron chi connectivity index (χ1n) is 6.55. The molecule has 0 bridgehead atoms. The Balaban J connectivity index is 1.88. The number of rotatable bonds is 5. The van der Waals surface area contributed by atoms with Gasteiger partial charge in [-0.3, -0.25) is 4.79 Å². The van der Waals surface area contributed by atoms with Crippen LogP contribution in [-0.4, -0.2) is 30.7 Å². The molecule has 1 N–H and O–H groups in total. The second-order valence-electron chi connectivity index (χ2n) is 4.55. The molecule has 116 valence electrons.